The first kappa shape index (κ1) is 24.6. The third-order valence-electron chi connectivity index (χ3n) is 4.44. The van der Waals surface area contributed by atoms with Gasteiger partial charge in [0.05, 0.1) is 18.0 Å². The lowest BCUT2D eigenvalue weighted by atomic mass is 10.0. The molecule has 0 saturated carbocycles. The predicted molar refractivity (Wildman–Crippen MR) is 109 cm³/mol. The number of halogens is 2. The van der Waals surface area contributed by atoms with Gasteiger partial charge in [0.1, 0.15) is 0 Å². The molecular formula is C17H21Cl2N5O7. The molecule has 1 aromatic carbocycles. The molecule has 0 fully saturated rings. The normalized spacial score (nSPS) is 14.1. The number of hydrogen-bond donors (Lipinski definition) is 0. The van der Waals surface area contributed by atoms with Gasteiger partial charge in [0.15, 0.2) is 0 Å². The zero-order valence-electron chi connectivity index (χ0n) is 16.7. The second-order valence-corrected chi connectivity index (χ2v) is 7.02. The number of ether oxygens (including phenoxy) is 1. The zero-order chi connectivity index (χ0) is 23.0. The standard InChI is InChI=1S/C17H21Cl2N5O7/c1-3-21(4-2)9-10-29-17(31-24(27)28,14-6-5-13(18)11-15(14)19)16(30-23(25)26)22-8-7-20-12-22/h5-8,11-12,16H,3-4,9-10H2,1-2H3. The SMILES string of the molecule is CCN(CC)CCOC(O[N+](=O)[O-])(c1ccc(Cl)cc1Cl)C(O[N+](=O)[O-])n1ccnc1. The molecule has 0 radical (unpaired) electrons. The van der Waals surface area contributed by atoms with Crippen molar-refractivity contribution in [1.82, 2.24) is 14.5 Å². The largest absolute Gasteiger partial charge is 0.342 e. The van der Waals surface area contributed by atoms with Gasteiger partial charge in [-0.15, -0.1) is 20.2 Å². The van der Waals surface area contributed by atoms with Crippen molar-refractivity contribution in [1.29, 1.82) is 0 Å². The Morgan fingerprint density at radius 2 is 1.94 bits per heavy atom. The Hall–Kier alpha value is -2.67. The van der Waals surface area contributed by atoms with Crippen molar-refractivity contribution in [2.45, 2.75) is 25.9 Å². The Morgan fingerprint density at radius 1 is 1.23 bits per heavy atom. The lowest BCUT2D eigenvalue weighted by molar-refractivity contribution is -0.835. The fourth-order valence-corrected chi connectivity index (χ4v) is 3.50. The van der Waals surface area contributed by atoms with Crippen LogP contribution >= 0.6 is 23.2 Å². The molecule has 2 aromatic rings. The smallest absolute Gasteiger partial charge is 0.297 e. The molecule has 170 valence electrons. The summed E-state index contributed by atoms with van der Waals surface area (Å²) in [5.41, 5.74) is -0.0876. The summed E-state index contributed by atoms with van der Waals surface area (Å²) >= 11 is 12.3. The van der Waals surface area contributed by atoms with Crippen LogP contribution in [0.15, 0.2) is 36.9 Å². The van der Waals surface area contributed by atoms with E-state index >= 15 is 0 Å². The maximum Gasteiger partial charge on any atom is 0.297 e. The Morgan fingerprint density at radius 3 is 2.45 bits per heavy atom. The van der Waals surface area contributed by atoms with E-state index in [1.165, 1.54) is 36.9 Å². The zero-order valence-corrected chi connectivity index (χ0v) is 18.2. The van der Waals surface area contributed by atoms with Gasteiger partial charge in [-0.1, -0.05) is 43.1 Å². The summed E-state index contributed by atoms with van der Waals surface area (Å²) in [6.45, 7) is 5.52. The molecular weight excluding hydrogens is 457 g/mol. The maximum atomic E-state index is 11.5. The van der Waals surface area contributed by atoms with Gasteiger partial charge in [-0.3, -0.25) is 9.68 Å². The quantitative estimate of drug-likeness (QED) is 0.241. The Labute approximate surface area is 187 Å². The molecule has 2 unspecified atom stereocenters. The summed E-state index contributed by atoms with van der Waals surface area (Å²) < 4.78 is 6.96. The van der Waals surface area contributed by atoms with Crippen LogP contribution in [0, 0.1) is 20.2 Å². The van der Waals surface area contributed by atoms with Crippen molar-refractivity contribution in [3.8, 4) is 0 Å². The molecule has 2 rings (SSSR count). The van der Waals surface area contributed by atoms with Gasteiger partial charge in [0.2, 0.25) is 6.23 Å². The minimum Gasteiger partial charge on any atom is -0.342 e. The monoisotopic (exact) mass is 477 g/mol. The molecule has 0 bridgehead atoms. The van der Waals surface area contributed by atoms with Crippen LogP contribution in [0.5, 0.6) is 0 Å². The van der Waals surface area contributed by atoms with E-state index in [-0.39, 0.29) is 22.2 Å². The number of benzene rings is 1. The van der Waals surface area contributed by atoms with Gasteiger partial charge in [-0.2, -0.15) is 0 Å². The highest BCUT2D eigenvalue weighted by Crippen LogP contribution is 2.43. The van der Waals surface area contributed by atoms with Crippen LogP contribution in [0.4, 0.5) is 0 Å². The number of hydrogen-bond acceptors (Lipinski definition) is 9. The summed E-state index contributed by atoms with van der Waals surface area (Å²) in [4.78, 5) is 38.4. The third-order valence-corrected chi connectivity index (χ3v) is 4.99. The van der Waals surface area contributed by atoms with Gasteiger partial charge >= 0.3 is 0 Å². The molecule has 0 spiro atoms. The lowest BCUT2D eigenvalue weighted by Crippen LogP contribution is -2.47. The molecule has 0 saturated heterocycles. The predicted octanol–water partition coefficient (Wildman–Crippen LogP) is 3.32. The van der Waals surface area contributed by atoms with Crippen molar-refractivity contribution in [3.05, 3.63) is 72.8 Å². The number of likely N-dealkylation sites (N-methyl/N-ethyl adjacent to an activating group) is 1. The molecule has 1 heterocycles. The van der Waals surface area contributed by atoms with Crippen molar-refractivity contribution in [2.75, 3.05) is 26.2 Å². The van der Waals surface area contributed by atoms with E-state index in [1.54, 1.807) is 0 Å². The highest BCUT2D eigenvalue weighted by Gasteiger charge is 2.51. The Balaban J connectivity index is 2.64. The molecule has 2 atom stereocenters. The number of aromatic nitrogens is 2. The topological polar surface area (TPSA) is 135 Å². The van der Waals surface area contributed by atoms with Crippen LogP contribution in [0.25, 0.3) is 0 Å². The second-order valence-electron chi connectivity index (χ2n) is 6.17. The lowest BCUT2D eigenvalue weighted by Gasteiger charge is -2.38. The van der Waals surface area contributed by atoms with Crippen molar-refractivity contribution in [3.63, 3.8) is 0 Å². The number of rotatable bonds is 13. The Bertz CT molecular complexity index is 882. The molecule has 0 N–H and O–H groups in total. The van der Waals surface area contributed by atoms with E-state index < -0.39 is 22.2 Å². The highest BCUT2D eigenvalue weighted by molar-refractivity contribution is 6.35. The van der Waals surface area contributed by atoms with E-state index in [9.17, 15) is 20.2 Å². The molecule has 31 heavy (non-hydrogen) atoms. The summed E-state index contributed by atoms with van der Waals surface area (Å²) in [6.07, 6.45) is 1.99. The minimum absolute atomic E-state index is 0.0748. The summed E-state index contributed by atoms with van der Waals surface area (Å²) in [7, 11) is 0. The molecule has 0 aliphatic heterocycles. The maximum absolute atomic E-state index is 11.5. The number of nitrogens with zero attached hydrogens (tertiary/aromatic N) is 5. The molecule has 14 heteroatoms. The average molecular weight is 478 g/mol. The van der Waals surface area contributed by atoms with E-state index in [0.717, 1.165) is 4.57 Å². The minimum atomic E-state index is -2.45. The molecule has 1 aromatic heterocycles. The van der Waals surface area contributed by atoms with Gasteiger partial charge in [0, 0.05) is 29.5 Å². The van der Waals surface area contributed by atoms with Crippen LogP contribution in [0.3, 0.4) is 0 Å². The van der Waals surface area contributed by atoms with Crippen LogP contribution < -0.4 is 0 Å². The number of imidazole rings is 1. The summed E-state index contributed by atoms with van der Waals surface area (Å²) in [5, 5.41) is 20.7. The van der Waals surface area contributed by atoms with Crippen LogP contribution in [-0.2, 0) is 20.2 Å². The van der Waals surface area contributed by atoms with E-state index in [4.69, 9.17) is 37.6 Å². The first-order valence-electron chi connectivity index (χ1n) is 9.17. The van der Waals surface area contributed by atoms with Crippen molar-refractivity contribution >= 4 is 23.2 Å². The van der Waals surface area contributed by atoms with Crippen molar-refractivity contribution < 1.29 is 24.6 Å². The van der Waals surface area contributed by atoms with Crippen molar-refractivity contribution in [2.24, 2.45) is 0 Å². The van der Waals surface area contributed by atoms with E-state index in [2.05, 4.69) is 4.98 Å². The van der Waals surface area contributed by atoms with Crippen LogP contribution in [0.2, 0.25) is 10.0 Å². The Kier molecular flexibility index (Phi) is 8.80. The fraction of sp³-hybridized carbons (Fsp3) is 0.471. The third kappa shape index (κ3) is 6.17. The molecule has 0 amide bonds. The second kappa shape index (κ2) is 11.1. The van der Waals surface area contributed by atoms with Gasteiger partial charge in [-0.25, -0.2) is 4.98 Å². The molecule has 0 aliphatic carbocycles. The van der Waals surface area contributed by atoms with E-state index in [1.807, 2.05) is 18.7 Å². The van der Waals surface area contributed by atoms with E-state index in [0.29, 0.717) is 19.6 Å². The molecule has 12 nitrogen and oxygen atoms in total. The first-order chi connectivity index (χ1) is 14.7. The highest BCUT2D eigenvalue weighted by atomic mass is 35.5. The fourth-order valence-electron chi connectivity index (χ4n) is 2.96. The van der Waals surface area contributed by atoms with Gasteiger partial charge < -0.3 is 14.2 Å². The first-order valence-corrected chi connectivity index (χ1v) is 9.93. The average Bonchev–Trinajstić information content (AvgIpc) is 3.22. The summed E-state index contributed by atoms with van der Waals surface area (Å²) in [5.74, 6) is -2.45. The molecule has 0 aliphatic rings. The van der Waals surface area contributed by atoms with Crippen LogP contribution in [-0.4, -0.2) is 50.9 Å². The van der Waals surface area contributed by atoms with Gasteiger partial charge in [0.25, 0.3) is 16.0 Å². The summed E-state index contributed by atoms with van der Waals surface area (Å²) in [6, 6.07) is 4.02. The van der Waals surface area contributed by atoms with Gasteiger partial charge in [-0.05, 0) is 25.2 Å². The van der Waals surface area contributed by atoms with Crippen LogP contribution in [0.1, 0.15) is 25.6 Å².